The number of halogens is 1. The number of methoxy groups -OCH3 is 2. The quantitative estimate of drug-likeness (QED) is 0.800. The molecule has 148 valence electrons. The van der Waals surface area contributed by atoms with E-state index in [0.29, 0.717) is 29.5 Å². The topological polar surface area (TPSA) is 67.9 Å². The van der Waals surface area contributed by atoms with Crippen molar-refractivity contribution >= 4 is 29.1 Å². The van der Waals surface area contributed by atoms with Crippen LogP contribution in [0.15, 0.2) is 36.4 Å². The molecule has 2 aromatic rings. The molecule has 1 aliphatic heterocycles. The first kappa shape index (κ1) is 20.0. The standard InChI is InChI=1S/C21H23ClN2O4/c1-13-8-18(19(28-3)10-17(13)22)23-21(26)15-9-20(25)24(12-15)11-14-4-6-16(27-2)7-5-14/h4-8,10,15H,9,11-12H2,1-3H3,(H,23,26). The van der Waals surface area contributed by atoms with Gasteiger partial charge < -0.3 is 19.7 Å². The van der Waals surface area contributed by atoms with Crippen molar-refractivity contribution in [3.05, 3.63) is 52.5 Å². The normalized spacial score (nSPS) is 16.2. The van der Waals surface area contributed by atoms with Crippen LogP contribution in [0.2, 0.25) is 5.02 Å². The Balaban J connectivity index is 1.66. The fourth-order valence-electron chi connectivity index (χ4n) is 3.22. The molecular formula is C21H23ClN2O4. The molecule has 0 radical (unpaired) electrons. The highest BCUT2D eigenvalue weighted by molar-refractivity contribution is 6.31. The molecule has 3 rings (SSSR count). The molecule has 0 spiro atoms. The predicted molar refractivity (Wildman–Crippen MR) is 108 cm³/mol. The molecule has 2 aromatic carbocycles. The summed E-state index contributed by atoms with van der Waals surface area (Å²) in [5.41, 5.74) is 2.38. The van der Waals surface area contributed by atoms with Crippen molar-refractivity contribution < 1.29 is 19.1 Å². The van der Waals surface area contributed by atoms with Gasteiger partial charge in [-0.15, -0.1) is 0 Å². The van der Waals surface area contributed by atoms with Gasteiger partial charge in [-0.3, -0.25) is 9.59 Å². The molecule has 0 saturated carbocycles. The zero-order chi connectivity index (χ0) is 20.3. The van der Waals surface area contributed by atoms with Gasteiger partial charge in [0.05, 0.1) is 25.8 Å². The van der Waals surface area contributed by atoms with Crippen molar-refractivity contribution in [3.8, 4) is 11.5 Å². The second kappa shape index (κ2) is 8.52. The van der Waals surface area contributed by atoms with Crippen molar-refractivity contribution in [1.29, 1.82) is 0 Å². The SMILES string of the molecule is COc1ccc(CN2CC(C(=O)Nc3cc(C)c(Cl)cc3OC)CC2=O)cc1. The molecule has 7 heteroatoms. The van der Waals surface area contributed by atoms with Crippen LogP contribution in [0.5, 0.6) is 11.5 Å². The van der Waals surface area contributed by atoms with Crippen LogP contribution >= 0.6 is 11.6 Å². The molecule has 1 aliphatic rings. The van der Waals surface area contributed by atoms with Gasteiger partial charge in [-0.25, -0.2) is 0 Å². The fraction of sp³-hybridized carbons (Fsp3) is 0.333. The van der Waals surface area contributed by atoms with Crippen molar-refractivity contribution in [2.24, 2.45) is 5.92 Å². The minimum atomic E-state index is -0.411. The fourth-order valence-corrected chi connectivity index (χ4v) is 3.37. The molecule has 1 fully saturated rings. The molecule has 1 saturated heterocycles. The van der Waals surface area contributed by atoms with Gasteiger partial charge in [-0.05, 0) is 36.2 Å². The number of nitrogens with one attached hydrogen (secondary N) is 1. The zero-order valence-corrected chi connectivity index (χ0v) is 16.9. The van der Waals surface area contributed by atoms with E-state index >= 15 is 0 Å². The third-order valence-corrected chi connectivity index (χ3v) is 5.26. The van der Waals surface area contributed by atoms with Crippen LogP contribution in [0, 0.1) is 12.8 Å². The van der Waals surface area contributed by atoms with Gasteiger partial charge in [0.25, 0.3) is 0 Å². The monoisotopic (exact) mass is 402 g/mol. The van der Waals surface area contributed by atoms with E-state index in [2.05, 4.69) is 5.32 Å². The van der Waals surface area contributed by atoms with Gasteiger partial charge >= 0.3 is 0 Å². The number of anilines is 1. The first-order valence-corrected chi connectivity index (χ1v) is 9.34. The summed E-state index contributed by atoms with van der Waals surface area (Å²) in [6, 6.07) is 11.0. The zero-order valence-electron chi connectivity index (χ0n) is 16.1. The van der Waals surface area contributed by atoms with Crippen molar-refractivity contribution in [2.75, 3.05) is 26.1 Å². The Morgan fingerprint density at radius 2 is 1.93 bits per heavy atom. The number of likely N-dealkylation sites (tertiary alicyclic amines) is 1. The first-order chi connectivity index (χ1) is 13.4. The van der Waals surface area contributed by atoms with Crippen LogP contribution in [0.3, 0.4) is 0 Å². The summed E-state index contributed by atoms with van der Waals surface area (Å²) in [7, 11) is 3.13. The van der Waals surface area contributed by atoms with E-state index in [1.807, 2.05) is 31.2 Å². The minimum absolute atomic E-state index is 0.0322. The highest BCUT2D eigenvalue weighted by Gasteiger charge is 2.34. The second-order valence-electron chi connectivity index (χ2n) is 6.81. The summed E-state index contributed by atoms with van der Waals surface area (Å²) in [6.45, 7) is 2.70. The maximum Gasteiger partial charge on any atom is 0.229 e. The summed E-state index contributed by atoms with van der Waals surface area (Å²) in [6.07, 6.45) is 0.191. The summed E-state index contributed by atoms with van der Waals surface area (Å²) < 4.78 is 10.4. The summed E-state index contributed by atoms with van der Waals surface area (Å²) in [4.78, 5) is 26.8. The smallest absolute Gasteiger partial charge is 0.229 e. The maximum absolute atomic E-state index is 12.7. The van der Waals surface area contributed by atoms with Gasteiger partial charge in [0.15, 0.2) is 0 Å². The lowest BCUT2D eigenvalue weighted by Crippen LogP contribution is -2.28. The van der Waals surface area contributed by atoms with Crippen LogP contribution < -0.4 is 14.8 Å². The van der Waals surface area contributed by atoms with Crippen LogP contribution in [0.4, 0.5) is 5.69 Å². The van der Waals surface area contributed by atoms with Crippen LogP contribution in [-0.4, -0.2) is 37.5 Å². The number of hydrogen-bond donors (Lipinski definition) is 1. The number of benzene rings is 2. The Kier molecular flexibility index (Phi) is 6.09. The highest BCUT2D eigenvalue weighted by atomic mass is 35.5. The van der Waals surface area contributed by atoms with Crippen LogP contribution in [0.1, 0.15) is 17.5 Å². The number of rotatable bonds is 6. The number of carbonyl (C=O) groups excluding carboxylic acids is 2. The van der Waals surface area contributed by atoms with Crippen LogP contribution in [-0.2, 0) is 16.1 Å². The molecule has 28 heavy (non-hydrogen) atoms. The first-order valence-electron chi connectivity index (χ1n) is 8.97. The molecule has 6 nitrogen and oxygen atoms in total. The van der Waals surface area contributed by atoms with Crippen molar-refractivity contribution in [3.63, 3.8) is 0 Å². The highest BCUT2D eigenvalue weighted by Crippen LogP contribution is 2.32. The average Bonchev–Trinajstić information content (AvgIpc) is 3.05. The Labute approximate surface area is 169 Å². The lowest BCUT2D eigenvalue weighted by molar-refractivity contribution is -0.128. The van der Waals surface area contributed by atoms with Gasteiger partial charge in [0.2, 0.25) is 11.8 Å². The summed E-state index contributed by atoms with van der Waals surface area (Å²) >= 11 is 6.11. The number of carbonyl (C=O) groups is 2. The molecule has 1 unspecified atom stereocenters. The van der Waals surface area contributed by atoms with Crippen molar-refractivity contribution in [1.82, 2.24) is 4.90 Å². The summed E-state index contributed by atoms with van der Waals surface area (Å²) in [5.74, 6) is 0.608. The van der Waals surface area contributed by atoms with Gasteiger partial charge in [0.1, 0.15) is 11.5 Å². The predicted octanol–water partition coefficient (Wildman–Crippen LogP) is 3.65. The molecule has 0 aliphatic carbocycles. The van der Waals surface area contributed by atoms with Gasteiger partial charge in [-0.2, -0.15) is 0 Å². The van der Waals surface area contributed by atoms with Gasteiger partial charge in [0, 0.05) is 30.6 Å². The van der Waals surface area contributed by atoms with Gasteiger partial charge in [-0.1, -0.05) is 23.7 Å². The van der Waals surface area contributed by atoms with E-state index in [1.165, 1.54) is 7.11 Å². The number of nitrogens with zero attached hydrogens (tertiary/aromatic N) is 1. The van der Waals surface area contributed by atoms with Crippen molar-refractivity contribution in [2.45, 2.75) is 19.9 Å². The van der Waals surface area contributed by atoms with E-state index in [1.54, 1.807) is 24.1 Å². The average molecular weight is 403 g/mol. The molecule has 0 bridgehead atoms. The second-order valence-corrected chi connectivity index (χ2v) is 7.22. The Morgan fingerprint density at radius 3 is 2.57 bits per heavy atom. The molecule has 0 aromatic heterocycles. The van der Waals surface area contributed by atoms with E-state index < -0.39 is 5.92 Å². The van der Waals surface area contributed by atoms with E-state index in [-0.39, 0.29) is 18.2 Å². The maximum atomic E-state index is 12.7. The Bertz CT molecular complexity index is 883. The molecule has 1 atom stereocenters. The lowest BCUT2D eigenvalue weighted by atomic mass is 10.1. The Morgan fingerprint density at radius 1 is 1.21 bits per heavy atom. The van der Waals surface area contributed by atoms with E-state index in [4.69, 9.17) is 21.1 Å². The molecule has 1 N–H and O–H groups in total. The summed E-state index contributed by atoms with van der Waals surface area (Å²) in [5, 5.41) is 3.44. The Hall–Kier alpha value is -2.73. The number of ether oxygens (including phenoxy) is 2. The van der Waals surface area contributed by atoms with E-state index in [9.17, 15) is 9.59 Å². The number of hydrogen-bond acceptors (Lipinski definition) is 4. The third-order valence-electron chi connectivity index (χ3n) is 4.86. The minimum Gasteiger partial charge on any atom is -0.497 e. The number of aryl methyl sites for hydroxylation is 1. The van der Waals surface area contributed by atoms with Crippen LogP contribution in [0.25, 0.3) is 0 Å². The molecule has 1 heterocycles. The largest absolute Gasteiger partial charge is 0.497 e. The molecular weight excluding hydrogens is 380 g/mol. The third kappa shape index (κ3) is 4.39. The molecule has 2 amide bonds. The lowest BCUT2D eigenvalue weighted by Gasteiger charge is -2.17. The van der Waals surface area contributed by atoms with E-state index in [0.717, 1.165) is 16.9 Å². The number of amides is 2.